The second-order valence-electron chi connectivity index (χ2n) is 2.96. The molecule has 0 heterocycles. The Kier molecular flexibility index (Phi) is 3.45. The fourth-order valence-corrected chi connectivity index (χ4v) is 1.14. The van der Waals surface area contributed by atoms with Gasteiger partial charge in [-0.1, -0.05) is 12.1 Å². The van der Waals surface area contributed by atoms with E-state index in [9.17, 15) is 9.59 Å². The van der Waals surface area contributed by atoms with Gasteiger partial charge in [-0.05, 0) is 17.7 Å². The first kappa shape index (κ1) is 11.5. The van der Waals surface area contributed by atoms with Gasteiger partial charge in [0.1, 0.15) is 0 Å². The molecule has 1 aromatic carbocycles. The number of hydrogen-bond acceptors (Lipinski definition) is 3. The Bertz CT molecular complexity index is 450. The van der Waals surface area contributed by atoms with Crippen LogP contribution < -0.4 is 0 Å². The van der Waals surface area contributed by atoms with Gasteiger partial charge in [-0.15, -0.1) is 0 Å². The van der Waals surface area contributed by atoms with Crippen molar-refractivity contribution >= 4 is 12.2 Å². The first-order chi connectivity index (χ1) is 7.54. The third-order valence-corrected chi connectivity index (χ3v) is 1.86. The van der Waals surface area contributed by atoms with Crippen molar-refractivity contribution in [2.24, 2.45) is 0 Å². The molecule has 0 bridgehead atoms. The summed E-state index contributed by atoms with van der Waals surface area (Å²) >= 11 is 0. The standard InChI is InChI=1S/C10H8N2O4/c11-5-7-2-1-3-8(4-7)6-12(9(13)14)10(15)16/h1-4H,6H2,(H,13,14)(H,15,16). The predicted octanol–water partition coefficient (Wildman–Crippen LogP) is 1.72. The molecule has 1 rings (SSSR count). The summed E-state index contributed by atoms with van der Waals surface area (Å²) in [5.41, 5.74) is 0.803. The van der Waals surface area contributed by atoms with Crippen LogP contribution >= 0.6 is 0 Å². The molecule has 0 aliphatic heterocycles. The van der Waals surface area contributed by atoms with Gasteiger partial charge in [-0.2, -0.15) is 5.26 Å². The lowest BCUT2D eigenvalue weighted by Gasteiger charge is -2.13. The highest BCUT2D eigenvalue weighted by Gasteiger charge is 2.19. The number of nitriles is 1. The lowest BCUT2D eigenvalue weighted by atomic mass is 10.1. The summed E-state index contributed by atoms with van der Waals surface area (Å²) in [6.45, 7) is -0.291. The average Bonchev–Trinajstić information content (AvgIpc) is 2.25. The summed E-state index contributed by atoms with van der Waals surface area (Å²) in [6, 6.07) is 8.00. The minimum atomic E-state index is -1.55. The third-order valence-electron chi connectivity index (χ3n) is 1.86. The van der Waals surface area contributed by atoms with E-state index in [0.29, 0.717) is 11.1 Å². The van der Waals surface area contributed by atoms with Crippen molar-refractivity contribution in [2.75, 3.05) is 0 Å². The fraction of sp³-hybridized carbons (Fsp3) is 0.100. The molecule has 6 heteroatoms. The fourth-order valence-electron chi connectivity index (χ4n) is 1.14. The SMILES string of the molecule is N#Cc1cccc(CN(C(=O)O)C(=O)O)c1. The van der Waals surface area contributed by atoms with Gasteiger partial charge in [0.25, 0.3) is 0 Å². The Morgan fingerprint density at radius 3 is 2.44 bits per heavy atom. The van der Waals surface area contributed by atoms with Gasteiger partial charge in [0, 0.05) is 0 Å². The van der Waals surface area contributed by atoms with Gasteiger partial charge in [-0.25, -0.2) is 14.5 Å². The molecule has 2 amide bonds. The molecule has 0 radical (unpaired) electrons. The Morgan fingerprint density at radius 2 is 1.94 bits per heavy atom. The zero-order valence-corrected chi connectivity index (χ0v) is 8.12. The second-order valence-corrected chi connectivity index (χ2v) is 2.96. The van der Waals surface area contributed by atoms with Crippen LogP contribution in [0, 0.1) is 11.3 Å². The van der Waals surface area contributed by atoms with Crippen LogP contribution in [0.3, 0.4) is 0 Å². The van der Waals surface area contributed by atoms with Crippen LogP contribution in [0.15, 0.2) is 24.3 Å². The van der Waals surface area contributed by atoms with Crippen molar-refractivity contribution in [2.45, 2.75) is 6.54 Å². The van der Waals surface area contributed by atoms with Crippen LogP contribution in [-0.4, -0.2) is 27.3 Å². The number of imide groups is 1. The molecule has 0 atom stereocenters. The molecule has 0 aromatic heterocycles. The van der Waals surface area contributed by atoms with E-state index in [0.717, 1.165) is 0 Å². The Morgan fingerprint density at radius 1 is 1.31 bits per heavy atom. The van der Waals surface area contributed by atoms with Gasteiger partial charge < -0.3 is 10.2 Å². The number of rotatable bonds is 2. The Labute approximate surface area is 91.0 Å². The van der Waals surface area contributed by atoms with E-state index in [2.05, 4.69) is 0 Å². The molecule has 2 N–H and O–H groups in total. The summed E-state index contributed by atoms with van der Waals surface area (Å²) in [4.78, 5) is 21.4. The summed E-state index contributed by atoms with van der Waals surface area (Å²) in [6.07, 6.45) is -3.09. The van der Waals surface area contributed by atoms with E-state index in [-0.39, 0.29) is 11.4 Å². The van der Waals surface area contributed by atoms with Crippen molar-refractivity contribution in [3.63, 3.8) is 0 Å². The van der Waals surface area contributed by atoms with Crippen molar-refractivity contribution in [3.8, 4) is 6.07 Å². The lowest BCUT2D eigenvalue weighted by Crippen LogP contribution is -2.33. The minimum Gasteiger partial charge on any atom is -0.465 e. The number of benzene rings is 1. The summed E-state index contributed by atoms with van der Waals surface area (Å²) in [5, 5.41) is 25.8. The largest absolute Gasteiger partial charge is 0.465 e. The summed E-state index contributed by atoms with van der Waals surface area (Å²) in [5.74, 6) is 0. The number of carboxylic acid groups (broad SMARTS) is 2. The first-order valence-electron chi connectivity index (χ1n) is 4.27. The predicted molar refractivity (Wildman–Crippen MR) is 52.7 cm³/mol. The maximum atomic E-state index is 10.6. The van der Waals surface area contributed by atoms with Crippen LogP contribution in [0.1, 0.15) is 11.1 Å². The molecule has 1 aromatic rings. The average molecular weight is 220 g/mol. The van der Waals surface area contributed by atoms with Gasteiger partial charge in [0.05, 0.1) is 18.2 Å². The Balaban J connectivity index is 2.90. The zero-order valence-electron chi connectivity index (χ0n) is 8.12. The number of carbonyl (C=O) groups is 2. The van der Waals surface area contributed by atoms with Crippen molar-refractivity contribution in [3.05, 3.63) is 35.4 Å². The normalized spacial score (nSPS) is 9.19. The number of amides is 2. The molecule has 0 unspecified atom stereocenters. The number of hydrogen-bond donors (Lipinski definition) is 2. The van der Waals surface area contributed by atoms with E-state index < -0.39 is 12.2 Å². The van der Waals surface area contributed by atoms with Crippen molar-refractivity contribution in [1.82, 2.24) is 4.90 Å². The summed E-state index contributed by atoms with van der Waals surface area (Å²) < 4.78 is 0. The zero-order chi connectivity index (χ0) is 12.1. The molecule has 0 aliphatic carbocycles. The van der Waals surface area contributed by atoms with E-state index >= 15 is 0 Å². The van der Waals surface area contributed by atoms with E-state index in [4.69, 9.17) is 15.5 Å². The third kappa shape index (κ3) is 2.72. The van der Waals surface area contributed by atoms with E-state index in [1.807, 2.05) is 6.07 Å². The monoisotopic (exact) mass is 220 g/mol. The smallest absolute Gasteiger partial charge is 0.417 e. The second kappa shape index (κ2) is 4.79. The van der Waals surface area contributed by atoms with Crippen LogP contribution in [-0.2, 0) is 6.54 Å². The maximum Gasteiger partial charge on any atom is 0.417 e. The van der Waals surface area contributed by atoms with Crippen LogP contribution in [0.5, 0.6) is 0 Å². The van der Waals surface area contributed by atoms with E-state index in [1.165, 1.54) is 6.07 Å². The molecule has 0 aliphatic rings. The van der Waals surface area contributed by atoms with Crippen LogP contribution in [0.2, 0.25) is 0 Å². The molecule has 82 valence electrons. The van der Waals surface area contributed by atoms with Crippen molar-refractivity contribution in [1.29, 1.82) is 5.26 Å². The highest BCUT2D eigenvalue weighted by atomic mass is 16.4. The van der Waals surface area contributed by atoms with Gasteiger partial charge in [-0.3, -0.25) is 0 Å². The molecule has 0 fully saturated rings. The molecular formula is C10H8N2O4. The first-order valence-corrected chi connectivity index (χ1v) is 4.27. The molecule has 0 saturated carbocycles. The highest BCUT2D eigenvalue weighted by molar-refractivity contribution is 5.85. The number of nitrogens with zero attached hydrogens (tertiary/aromatic N) is 2. The summed E-state index contributed by atoms with van der Waals surface area (Å²) in [7, 11) is 0. The topological polar surface area (TPSA) is 102 Å². The van der Waals surface area contributed by atoms with E-state index in [1.54, 1.807) is 18.2 Å². The van der Waals surface area contributed by atoms with Gasteiger partial charge >= 0.3 is 12.2 Å². The molecular weight excluding hydrogens is 212 g/mol. The maximum absolute atomic E-state index is 10.6. The minimum absolute atomic E-state index is 0.247. The quantitative estimate of drug-likeness (QED) is 0.789. The molecule has 0 spiro atoms. The molecule has 16 heavy (non-hydrogen) atoms. The molecule has 6 nitrogen and oxygen atoms in total. The van der Waals surface area contributed by atoms with Crippen LogP contribution in [0.4, 0.5) is 9.59 Å². The highest BCUT2D eigenvalue weighted by Crippen LogP contribution is 2.08. The van der Waals surface area contributed by atoms with Gasteiger partial charge in [0.15, 0.2) is 0 Å². The Hall–Kier alpha value is -2.55. The lowest BCUT2D eigenvalue weighted by molar-refractivity contribution is 0.120. The van der Waals surface area contributed by atoms with Crippen LogP contribution in [0.25, 0.3) is 0 Å². The molecule has 0 saturated heterocycles. The van der Waals surface area contributed by atoms with Crippen molar-refractivity contribution < 1.29 is 19.8 Å². The van der Waals surface area contributed by atoms with Gasteiger partial charge in [0.2, 0.25) is 0 Å².